The molecule has 3 rings (SSSR count). The molecular formula is C19H17FN2O4S. The van der Waals surface area contributed by atoms with Crippen LogP contribution < -0.4 is 19.5 Å². The van der Waals surface area contributed by atoms with Gasteiger partial charge in [-0.05, 0) is 54.2 Å². The molecule has 27 heavy (non-hydrogen) atoms. The largest absolute Gasteiger partial charge is 0.493 e. The Kier molecular flexibility index (Phi) is 5.66. The highest BCUT2D eigenvalue weighted by Crippen LogP contribution is 2.41. The van der Waals surface area contributed by atoms with Crippen LogP contribution in [0.4, 0.5) is 10.1 Å². The van der Waals surface area contributed by atoms with Gasteiger partial charge in [0.25, 0.3) is 5.91 Å². The molecule has 8 heteroatoms. The molecule has 0 atom stereocenters. The van der Waals surface area contributed by atoms with Crippen molar-refractivity contribution in [3.63, 3.8) is 0 Å². The van der Waals surface area contributed by atoms with Crippen molar-refractivity contribution in [1.82, 2.24) is 5.32 Å². The molecule has 0 unspecified atom stereocenters. The summed E-state index contributed by atoms with van der Waals surface area (Å²) in [6.45, 7) is 0. The van der Waals surface area contributed by atoms with Crippen LogP contribution in [0.1, 0.15) is 5.56 Å². The summed E-state index contributed by atoms with van der Waals surface area (Å²) >= 11 is 1.18. The highest BCUT2D eigenvalue weighted by atomic mass is 32.2. The Morgan fingerprint density at radius 3 is 2.33 bits per heavy atom. The van der Waals surface area contributed by atoms with E-state index in [1.165, 1.54) is 57.4 Å². The minimum absolute atomic E-state index is 0.280. The van der Waals surface area contributed by atoms with Gasteiger partial charge in [0, 0.05) is 5.56 Å². The molecule has 0 saturated carbocycles. The second kappa shape index (κ2) is 8.13. The van der Waals surface area contributed by atoms with Gasteiger partial charge in [-0.2, -0.15) is 0 Å². The Labute approximate surface area is 160 Å². The number of nitrogens with one attached hydrogen (secondary N) is 1. The van der Waals surface area contributed by atoms with Gasteiger partial charge in [-0.3, -0.25) is 4.79 Å². The molecule has 0 aromatic heterocycles. The van der Waals surface area contributed by atoms with E-state index in [2.05, 4.69) is 10.3 Å². The lowest BCUT2D eigenvalue weighted by Crippen LogP contribution is -2.19. The molecule has 2 aromatic carbocycles. The van der Waals surface area contributed by atoms with Crippen LogP contribution in [0.3, 0.4) is 0 Å². The maximum Gasteiger partial charge on any atom is 0.264 e. The number of benzene rings is 2. The zero-order chi connectivity index (χ0) is 19.4. The molecule has 1 N–H and O–H groups in total. The zero-order valence-electron chi connectivity index (χ0n) is 14.9. The number of hydrogen-bond donors (Lipinski definition) is 1. The van der Waals surface area contributed by atoms with Crippen molar-refractivity contribution in [2.75, 3.05) is 21.3 Å². The summed E-state index contributed by atoms with van der Waals surface area (Å²) in [7, 11) is 4.57. The minimum atomic E-state index is -0.344. The van der Waals surface area contributed by atoms with Crippen LogP contribution in [0.15, 0.2) is 46.3 Å². The first kappa shape index (κ1) is 18.8. The van der Waals surface area contributed by atoms with Gasteiger partial charge in [-0.15, -0.1) is 0 Å². The van der Waals surface area contributed by atoms with Crippen LogP contribution in [0.2, 0.25) is 0 Å². The van der Waals surface area contributed by atoms with E-state index in [9.17, 15) is 9.18 Å². The van der Waals surface area contributed by atoms with Crippen molar-refractivity contribution < 1.29 is 23.4 Å². The number of hydrogen-bond acceptors (Lipinski definition) is 6. The third kappa shape index (κ3) is 4.06. The number of amides is 1. The number of thioether (sulfide) groups is 1. The predicted octanol–water partition coefficient (Wildman–Crippen LogP) is 3.74. The van der Waals surface area contributed by atoms with Gasteiger partial charge in [0.05, 0.1) is 31.9 Å². The molecule has 1 heterocycles. The number of ether oxygens (including phenoxy) is 3. The van der Waals surface area contributed by atoms with Crippen molar-refractivity contribution in [3.05, 3.63) is 52.7 Å². The molecule has 2 aromatic rings. The monoisotopic (exact) mass is 388 g/mol. The molecule has 0 bridgehead atoms. The average Bonchev–Trinajstić information content (AvgIpc) is 3.01. The van der Waals surface area contributed by atoms with Gasteiger partial charge < -0.3 is 19.5 Å². The van der Waals surface area contributed by atoms with Crippen molar-refractivity contribution >= 4 is 34.6 Å². The third-order valence-corrected chi connectivity index (χ3v) is 4.64. The van der Waals surface area contributed by atoms with Crippen molar-refractivity contribution in [1.29, 1.82) is 0 Å². The van der Waals surface area contributed by atoms with E-state index in [-0.39, 0.29) is 11.7 Å². The van der Waals surface area contributed by atoms with Crippen LogP contribution >= 0.6 is 11.8 Å². The van der Waals surface area contributed by atoms with Crippen LogP contribution in [0.5, 0.6) is 17.2 Å². The lowest BCUT2D eigenvalue weighted by molar-refractivity contribution is -0.115. The number of methoxy groups -OCH3 is 3. The fourth-order valence-electron chi connectivity index (χ4n) is 2.49. The Bertz CT molecular complexity index is 926. The fraction of sp³-hybridized carbons (Fsp3) is 0.158. The van der Waals surface area contributed by atoms with Crippen molar-refractivity contribution in [2.24, 2.45) is 4.99 Å². The second-order valence-electron chi connectivity index (χ2n) is 5.38. The Balaban J connectivity index is 1.92. The Morgan fingerprint density at radius 1 is 1.00 bits per heavy atom. The standard InChI is InChI=1S/C19H17FN2O4S/c1-24-14-9-4-11(16(25-2)17(14)26-3)10-15-18(23)22-19(27-15)21-13-7-5-12(20)6-8-13/h4-10H,1-3H3,(H,21,22,23)/b15-10-. The van der Waals surface area contributed by atoms with E-state index >= 15 is 0 Å². The van der Waals surface area contributed by atoms with Crippen LogP contribution in [0.25, 0.3) is 6.08 Å². The number of carbonyl (C=O) groups excluding carboxylic acids is 1. The summed E-state index contributed by atoms with van der Waals surface area (Å²) in [6.07, 6.45) is 1.69. The Hall–Kier alpha value is -3.00. The van der Waals surface area contributed by atoms with Gasteiger partial charge in [-0.25, -0.2) is 9.38 Å². The zero-order valence-corrected chi connectivity index (χ0v) is 15.7. The third-order valence-electron chi connectivity index (χ3n) is 3.73. The molecule has 1 aliphatic rings. The van der Waals surface area contributed by atoms with E-state index in [0.29, 0.717) is 38.6 Å². The maximum absolute atomic E-state index is 13.0. The molecule has 0 aliphatic carbocycles. The molecule has 6 nitrogen and oxygen atoms in total. The number of nitrogens with zero attached hydrogens (tertiary/aromatic N) is 1. The smallest absolute Gasteiger partial charge is 0.264 e. The topological polar surface area (TPSA) is 69.2 Å². The minimum Gasteiger partial charge on any atom is -0.493 e. The van der Waals surface area contributed by atoms with Crippen LogP contribution in [-0.2, 0) is 4.79 Å². The number of halogens is 1. The molecule has 140 valence electrons. The Morgan fingerprint density at radius 2 is 1.70 bits per heavy atom. The number of rotatable bonds is 5. The number of amidine groups is 1. The van der Waals surface area contributed by atoms with E-state index in [1.807, 2.05) is 0 Å². The highest BCUT2D eigenvalue weighted by Gasteiger charge is 2.25. The SMILES string of the molecule is COc1ccc(/C=C2\SC(=Nc3ccc(F)cc3)NC2=O)c(OC)c1OC. The molecule has 1 saturated heterocycles. The van der Waals surface area contributed by atoms with E-state index in [1.54, 1.807) is 18.2 Å². The van der Waals surface area contributed by atoms with Crippen LogP contribution in [0, 0.1) is 5.82 Å². The lowest BCUT2D eigenvalue weighted by Gasteiger charge is -2.14. The van der Waals surface area contributed by atoms with E-state index in [4.69, 9.17) is 14.2 Å². The summed E-state index contributed by atoms with van der Waals surface area (Å²) in [4.78, 5) is 17.0. The van der Waals surface area contributed by atoms with E-state index in [0.717, 1.165) is 0 Å². The van der Waals surface area contributed by atoms with Crippen molar-refractivity contribution in [3.8, 4) is 17.2 Å². The first-order valence-corrected chi connectivity index (χ1v) is 8.71. The molecule has 0 spiro atoms. The second-order valence-corrected chi connectivity index (χ2v) is 6.41. The predicted molar refractivity (Wildman–Crippen MR) is 103 cm³/mol. The summed E-state index contributed by atoms with van der Waals surface area (Å²) in [5.41, 5.74) is 1.21. The number of carbonyl (C=O) groups is 1. The molecule has 1 fully saturated rings. The fourth-order valence-corrected chi connectivity index (χ4v) is 3.33. The average molecular weight is 388 g/mol. The summed E-state index contributed by atoms with van der Waals surface area (Å²) in [5, 5.41) is 3.11. The first-order valence-electron chi connectivity index (χ1n) is 7.90. The van der Waals surface area contributed by atoms with Crippen LogP contribution in [-0.4, -0.2) is 32.4 Å². The van der Waals surface area contributed by atoms with Gasteiger partial charge >= 0.3 is 0 Å². The lowest BCUT2D eigenvalue weighted by atomic mass is 10.1. The molecular weight excluding hydrogens is 371 g/mol. The highest BCUT2D eigenvalue weighted by molar-refractivity contribution is 8.18. The number of aliphatic imine (C=N–C) groups is 1. The first-order chi connectivity index (χ1) is 13.0. The maximum atomic E-state index is 13.0. The summed E-state index contributed by atoms with van der Waals surface area (Å²) in [6, 6.07) is 9.20. The van der Waals surface area contributed by atoms with Crippen molar-refractivity contribution in [2.45, 2.75) is 0 Å². The van der Waals surface area contributed by atoms with Gasteiger partial charge in [-0.1, -0.05) is 0 Å². The van der Waals surface area contributed by atoms with Gasteiger partial charge in [0.2, 0.25) is 5.75 Å². The molecule has 1 aliphatic heterocycles. The van der Waals surface area contributed by atoms with Gasteiger partial charge in [0.1, 0.15) is 5.82 Å². The molecule has 0 radical (unpaired) electrons. The normalized spacial score (nSPS) is 16.5. The summed E-state index contributed by atoms with van der Waals surface area (Å²) < 4.78 is 29.0. The summed E-state index contributed by atoms with van der Waals surface area (Å²) in [5.74, 6) is 0.805. The van der Waals surface area contributed by atoms with E-state index < -0.39 is 0 Å². The molecule has 1 amide bonds. The van der Waals surface area contributed by atoms with Gasteiger partial charge in [0.15, 0.2) is 16.7 Å². The quantitative estimate of drug-likeness (QED) is 0.790.